The first-order chi connectivity index (χ1) is 9.20. The highest BCUT2D eigenvalue weighted by molar-refractivity contribution is 5.84. The molecule has 1 aliphatic heterocycles. The van der Waals surface area contributed by atoms with Gasteiger partial charge in [0.2, 0.25) is 0 Å². The SMILES string of the molecule is CC(C(N)=NO)N1CCN(Cc2ccccn2)CC1. The molecule has 0 amide bonds. The van der Waals surface area contributed by atoms with Crippen molar-refractivity contribution >= 4 is 5.84 Å². The van der Waals surface area contributed by atoms with Gasteiger partial charge in [-0.2, -0.15) is 0 Å². The van der Waals surface area contributed by atoms with Gasteiger partial charge in [-0.1, -0.05) is 11.2 Å². The molecule has 1 saturated heterocycles. The molecule has 0 spiro atoms. The van der Waals surface area contributed by atoms with Gasteiger partial charge in [0.1, 0.15) is 0 Å². The fraction of sp³-hybridized carbons (Fsp3) is 0.538. The van der Waals surface area contributed by atoms with Crippen molar-refractivity contribution in [1.29, 1.82) is 0 Å². The molecule has 1 aliphatic rings. The van der Waals surface area contributed by atoms with Gasteiger partial charge in [-0.05, 0) is 19.1 Å². The van der Waals surface area contributed by atoms with E-state index < -0.39 is 0 Å². The summed E-state index contributed by atoms with van der Waals surface area (Å²) in [5, 5.41) is 11.8. The molecule has 1 fully saturated rings. The third-order valence-electron chi connectivity index (χ3n) is 3.61. The van der Waals surface area contributed by atoms with Gasteiger partial charge in [-0.25, -0.2) is 0 Å². The molecule has 6 nitrogen and oxygen atoms in total. The van der Waals surface area contributed by atoms with Gasteiger partial charge in [-0.15, -0.1) is 0 Å². The van der Waals surface area contributed by atoms with E-state index in [1.54, 1.807) is 0 Å². The normalized spacial score (nSPS) is 20.4. The average Bonchev–Trinajstić information content (AvgIpc) is 2.47. The van der Waals surface area contributed by atoms with E-state index in [2.05, 4.69) is 19.9 Å². The van der Waals surface area contributed by atoms with Crippen LogP contribution in [0.3, 0.4) is 0 Å². The number of amidine groups is 1. The molecule has 2 heterocycles. The second kappa shape index (κ2) is 6.49. The number of rotatable bonds is 4. The fourth-order valence-electron chi connectivity index (χ4n) is 2.30. The summed E-state index contributed by atoms with van der Waals surface area (Å²) >= 11 is 0. The topological polar surface area (TPSA) is 78.0 Å². The van der Waals surface area contributed by atoms with Crippen molar-refractivity contribution in [1.82, 2.24) is 14.8 Å². The summed E-state index contributed by atoms with van der Waals surface area (Å²) in [5.41, 5.74) is 6.74. The summed E-state index contributed by atoms with van der Waals surface area (Å²) in [6.07, 6.45) is 1.83. The highest BCUT2D eigenvalue weighted by Crippen LogP contribution is 2.09. The molecule has 3 N–H and O–H groups in total. The van der Waals surface area contributed by atoms with Crippen LogP contribution in [-0.2, 0) is 6.54 Å². The van der Waals surface area contributed by atoms with E-state index in [1.165, 1.54) is 0 Å². The van der Waals surface area contributed by atoms with Crippen LogP contribution < -0.4 is 5.73 Å². The number of oxime groups is 1. The standard InChI is InChI=1S/C13H21N5O/c1-11(13(14)16-19)18-8-6-17(7-9-18)10-12-4-2-3-5-15-12/h2-5,11,19H,6-10H2,1H3,(H2,14,16). The summed E-state index contributed by atoms with van der Waals surface area (Å²) in [7, 11) is 0. The maximum Gasteiger partial charge on any atom is 0.156 e. The Morgan fingerprint density at radius 1 is 1.42 bits per heavy atom. The van der Waals surface area contributed by atoms with Gasteiger partial charge in [0.15, 0.2) is 5.84 Å². The smallest absolute Gasteiger partial charge is 0.156 e. The number of aromatic nitrogens is 1. The van der Waals surface area contributed by atoms with E-state index in [9.17, 15) is 0 Å². The maximum atomic E-state index is 8.70. The van der Waals surface area contributed by atoms with Gasteiger partial charge in [0.05, 0.1) is 11.7 Å². The second-order valence-electron chi connectivity index (χ2n) is 4.83. The minimum absolute atomic E-state index is 0.0120. The molecule has 2 rings (SSSR count). The predicted octanol–water partition coefficient (Wildman–Crippen LogP) is 0.334. The third-order valence-corrected chi connectivity index (χ3v) is 3.61. The fourth-order valence-corrected chi connectivity index (χ4v) is 2.30. The van der Waals surface area contributed by atoms with Gasteiger partial charge >= 0.3 is 0 Å². The van der Waals surface area contributed by atoms with Crippen molar-refractivity contribution in [3.63, 3.8) is 0 Å². The number of pyridine rings is 1. The lowest BCUT2D eigenvalue weighted by Crippen LogP contribution is -2.52. The van der Waals surface area contributed by atoms with E-state index in [-0.39, 0.29) is 11.9 Å². The first-order valence-electron chi connectivity index (χ1n) is 6.54. The summed E-state index contributed by atoms with van der Waals surface area (Å²) in [4.78, 5) is 8.94. The molecular formula is C13H21N5O. The molecule has 0 bridgehead atoms. The highest BCUT2D eigenvalue weighted by atomic mass is 16.4. The van der Waals surface area contributed by atoms with Gasteiger partial charge in [-0.3, -0.25) is 14.8 Å². The number of hydrogen-bond acceptors (Lipinski definition) is 5. The minimum Gasteiger partial charge on any atom is -0.409 e. The van der Waals surface area contributed by atoms with Crippen LogP contribution in [0.1, 0.15) is 12.6 Å². The predicted molar refractivity (Wildman–Crippen MR) is 74.0 cm³/mol. The van der Waals surface area contributed by atoms with Crippen molar-refractivity contribution in [2.45, 2.75) is 19.5 Å². The zero-order valence-electron chi connectivity index (χ0n) is 11.2. The van der Waals surface area contributed by atoms with E-state index in [4.69, 9.17) is 10.9 Å². The highest BCUT2D eigenvalue weighted by Gasteiger charge is 2.23. The number of nitrogens with two attached hydrogens (primary N) is 1. The molecular weight excluding hydrogens is 242 g/mol. The van der Waals surface area contributed by atoms with Crippen LogP contribution >= 0.6 is 0 Å². The molecule has 0 aromatic carbocycles. The monoisotopic (exact) mass is 263 g/mol. The molecule has 1 aromatic rings. The Morgan fingerprint density at radius 2 is 2.16 bits per heavy atom. The Bertz CT molecular complexity index is 414. The van der Waals surface area contributed by atoms with E-state index in [0.717, 1.165) is 38.4 Å². The van der Waals surface area contributed by atoms with Crippen molar-refractivity contribution < 1.29 is 5.21 Å². The average molecular weight is 263 g/mol. The van der Waals surface area contributed by atoms with Crippen LogP contribution in [0, 0.1) is 0 Å². The summed E-state index contributed by atoms with van der Waals surface area (Å²) in [5.74, 6) is 0.276. The number of piperazine rings is 1. The minimum atomic E-state index is -0.0120. The number of nitrogens with zero attached hydrogens (tertiary/aromatic N) is 4. The van der Waals surface area contributed by atoms with Crippen molar-refractivity contribution in [3.8, 4) is 0 Å². The molecule has 1 unspecified atom stereocenters. The lowest BCUT2D eigenvalue weighted by molar-refractivity contribution is 0.115. The van der Waals surface area contributed by atoms with Crippen molar-refractivity contribution in [2.75, 3.05) is 26.2 Å². The molecule has 1 aromatic heterocycles. The van der Waals surface area contributed by atoms with Crippen molar-refractivity contribution in [3.05, 3.63) is 30.1 Å². The molecule has 6 heteroatoms. The first kappa shape index (κ1) is 13.8. The van der Waals surface area contributed by atoms with Gasteiger partial charge in [0.25, 0.3) is 0 Å². The molecule has 0 radical (unpaired) electrons. The molecule has 1 atom stereocenters. The van der Waals surface area contributed by atoms with E-state index >= 15 is 0 Å². The van der Waals surface area contributed by atoms with Gasteiger partial charge in [0, 0.05) is 38.9 Å². The van der Waals surface area contributed by atoms with Crippen LogP contribution in [0.2, 0.25) is 0 Å². The van der Waals surface area contributed by atoms with Crippen LogP contribution in [0.15, 0.2) is 29.6 Å². The Balaban J connectivity index is 1.83. The van der Waals surface area contributed by atoms with E-state index in [0.29, 0.717) is 0 Å². The van der Waals surface area contributed by atoms with Crippen LogP contribution in [-0.4, -0.2) is 58.0 Å². The number of hydrogen-bond donors (Lipinski definition) is 2. The second-order valence-corrected chi connectivity index (χ2v) is 4.83. The Labute approximate surface area is 113 Å². The van der Waals surface area contributed by atoms with E-state index in [1.807, 2.05) is 31.3 Å². The maximum absolute atomic E-state index is 8.70. The molecule has 0 saturated carbocycles. The van der Waals surface area contributed by atoms with Crippen LogP contribution in [0.5, 0.6) is 0 Å². The summed E-state index contributed by atoms with van der Waals surface area (Å²) in [6.45, 7) is 6.63. The van der Waals surface area contributed by atoms with Crippen molar-refractivity contribution in [2.24, 2.45) is 10.9 Å². The zero-order chi connectivity index (χ0) is 13.7. The third kappa shape index (κ3) is 3.65. The Hall–Kier alpha value is -1.66. The van der Waals surface area contributed by atoms with Crippen LogP contribution in [0.4, 0.5) is 0 Å². The summed E-state index contributed by atoms with van der Waals surface area (Å²) in [6, 6.07) is 5.98. The molecule has 0 aliphatic carbocycles. The zero-order valence-corrected chi connectivity index (χ0v) is 11.2. The summed E-state index contributed by atoms with van der Waals surface area (Å²) < 4.78 is 0. The molecule has 104 valence electrons. The Morgan fingerprint density at radius 3 is 2.74 bits per heavy atom. The van der Waals surface area contributed by atoms with Gasteiger partial charge < -0.3 is 10.9 Å². The largest absolute Gasteiger partial charge is 0.409 e. The molecule has 19 heavy (non-hydrogen) atoms. The Kier molecular flexibility index (Phi) is 4.70. The first-order valence-corrected chi connectivity index (χ1v) is 6.54. The quantitative estimate of drug-likeness (QED) is 0.354. The lowest BCUT2D eigenvalue weighted by Gasteiger charge is -2.37. The van der Waals surface area contributed by atoms with Crippen LogP contribution in [0.25, 0.3) is 0 Å². The lowest BCUT2D eigenvalue weighted by atomic mass is 10.2.